The second-order valence-corrected chi connectivity index (χ2v) is 8.37. The lowest BCUT2D eigenvalue weighted by molar-refractivity contribution is 0.0516. The highest BCUT2D eigenvalue weighted by Gasteiger charge is 2.56. The van der Waals surface area contributed by atoms with Gasteiger partial charge in [0.25, 0.3) is 5.91 Å². The monoisotopic (exact) mass is 426 g/mol. The zero-order chi connectivity index (χ0) is 22.5. The maximum Gasteiger partial charge on any atom is 0.359 e. The van der Waals surface area contributed by atoms with Gasteiger partial charge in [-0.2, -0.15) is 10.4 Å². The minimum Gasteiger partial charge on any atom is -0.461 e. The number of nitriles is 1. The molecule has 0 radical (unpaired) electrons. The number of amides is 1. The first-order valence-electron chi connectivity index (χ1n) is 10.7. The molecule has 160 valence electrons. The van der Waals surface area contributed by atoms with Gasteiger partial charge < -0.3 is 9.64 Å². The first kappa shape index (κ1) is 20.0. The number of benzene rings is 2. The highest BCUT2D eigenvalue weighted by atomic mass is 16.5. The van der Waals surface area contributed by atoms with Crippen LogP contribution in [0, 0.1) is 18.3 Å². The fourth-order valence-corrected chi connectivity index (χ4v) is 4.43. The third kappa shape index (κ3) is 3.07. The zero-order valence-corrected chi connectivity index (χ0v) is 18.0. The molecule has 1 aliphatic heterocycles. The average Bonchev–Trinajstić information content (AvgIpc) is 3.45. The molecule has 2 heterocycles. The topological polar surface area (TPSA) is 88.2 Å². The average molecular weight is 426 g/mol. The quantitative estimate of drug-likeness (QED) is 0.590. The molecule has 1 saturated carbocycles. The predicted octanol–water partition coefficient (Wildman–Crippen LogP) is 3.92. The summed E-state index contributed by atoms with van der Waals surface area (Å²) in [7, 11) is 0. The Morgan fingerprint density at radius 1 is 1.19 bits per heavy atom. The Kier molecular flexibility index (Phi) is 4.59. The van der Waals surface area contributed by atoms with Crippen molar-refractivity contribution in [1.29, 1.82) is 5.26 Å². The summed E-state index contributed by atoms with van der Waals surface area (Å²) in [6.45, 7) is 4.47. The molecule has 0 N–H and O–H groups in total. The number of rotatable bonds is 4. The highest BCUT2D eigenvalue weighted by molar-refractivity contribution is 6.10. The number of hydrogen-bond acceptors (Lipinski definition) is 5. The van der Waals surface area contributed by atoms with Crippen LogP contribution in [0.25, 0.3) is 5.69 Å². The van der Waals surface area contributed by atoms with E-state index < -0.39 is 5.97 Å². The normalized spacial score (nSPS) is 15.9. The first-order chi connectivity index (χ1) is 15.5. The second kappa shape index (κ2) is 7.34. The summed E-state index contributed by atoms with van der Waals surface area (Å²) in [5.41, 5.74) is 3.85. The van der Waals surface area contributed by atoms with Crippen LogP contribution in [0.15, 0.2) is 48.5 Å². The number of aromatic nitrogens is 2. The van der Waals surface area contributed by atoms with Crippen LogP contribution in [-0.4, -0.2) is 34.8 Å². The lowest BCUT2D eigenvalue weighted by Gasteiger charge is -2.33. The molecule has 5 rings (SSSR count). The van der Waals surface area contributed by atoms with E-state index in [1.807, 2.05) is 31.2 Å². The Labute approximate surface area is 185 Å². The number of carbonyl (C=O) groups excluding carboxylic acids is 2. The molecule has 1 fully saturated rings. The molecular formula is C25H22N4O3. The van der Waals surface area contributed by atoms with Crippen LogP contribution in [0.1, 0.15) is 57.4 Å². The van der Waals surface area contributed by atoms with Crippen molar-refractivity contribution < 1.29 is 14.3 Å². The lowest BCUT2D eigenvalue weighted by Crippen LogP contribution is -2.44. The van der Waals surface area contributed by atoms with Crippen molar-refractivity contribution in [3.05, 3.63) is 76.6 Å². The number of fused-ring (bicyclic) bond motifs is 2. The van der Waals surface area contributed by atoms with E-state index in [9.17, 15) is 14.9 Å². The summed E-state index contributed by atoms with van der Waals surface area (Å²) >= 11 is 0. The molecular weight excluding hydrogens is 404 g/mol. The van der Waals surface area contributed by atoms with E-state index in [1.54, 1.807) is 36.1 Å². The smallest absolute Gasteiger partial charge is 0.359 e. The fourth-order valence-electron chi connectivity index (χ4n) is 4.43. The van der Waals surface area contributed by atoms with E-state index in [0.29, 0.717) is 29.1 Å². The van der Waals surface area contributed by atoms with Gasteiger partial charge in [0, 0.05) is 23.2 Å². The van der Waals surface area contributed by atoms with Crippen molar-refractivity contribution in [3.8, 4) is 11.8 Å². The van der Waals surface area contributed by atoms with Crippen LogP contribution in [0.3, 0.4) is 0 Å². The standard InChI is InChI=1S/C25H22N4O3/c1-3-32-24(31)21-20-22(29(27-21)19-6-4-5-17(13-19)14-26)23(30)28(15-25(20)11-12-25)18-9-7-16(2)8-10-18/h4-10,13H,3,11-12,15H2,1-2H3. The lowest BCUT2D eigenvalue weighted by atomic mass is 9.88. The molecule has 1 spiro atoms. The largest absolute Gasteiger partial charge is 0.461 e. The number of carbonyl (C=O) groups is 2. The highest BCUT2D eigenvalue weighted by Crippen LogP contribution is 2.54. The van der Waals surface area contributed by atoms with Crippen molar-refractivity contribution in [2.45, 2.75) is 32.1 Å². The molecule has 0 saturated heterocycles. The van der Waals surface area contributed by atoms with E-state index in [4.69, 9.17) is 4.74 Å². The summed E-state index contributed by atoms with van der Waals surface area (Å²) < 4.78 is 6.78. The van der Waals surface area contributed by atoms with Gasteiger partial charge in [0.15, 0.2) is 5.69 Å². The van der Waals surface area contributed by atoms with E-state index in [-0.39, 0.29) is 23.6 Å². The Balaban J connectivity index is 1.73. The molecule has 1 aromatic heterocycles. The predicted molar refractivity (Wildman–Crippen MR) is 118 cm³/mol. The fraction of sp³-hybridized carbons (Fsp3) is 0.280. The van der Waals surface area contributed by atoms with E-state index >= 15 is 0 Å². The summed E-state index contributed by atoms with van der Waals surface area (Å²) in [6.07, 6.45) is 1.73. The molecule has 2 aliphatic rings. The van der Waals surface area contributed by atoms with E-state index in [2.05, 4.69) is 11.2 Å². The van der Waals surface area contributed by atoms with Crippen LogP contribution in [0.5, 0.6) is 0 Å². The molecule has 2 aromatic carbocycles. The first-order valence-corrected chi connectivity index (χ1v) is 10.7. The molecule has 0 bridgehead atoms. The van der Waals surface area contributed by atoms with Gasteiger partial charge in [0.2, 0.25) is 0 Å². The van der Waals surface area contributed by atoms with Crippen LogP contribution in [-0.2, 0) is 10.2 Å². The van der Waals surface area contributed by atoms with E-state index in [0.717, 1.165) is 24.1 Å². The van der Waals surface area contributed by atoms with Crippen molar-refractivity contribution in [1.82, 2.24) is 9.78 Å². The number of esters is 1. The van der Waals surface area contributed by atoms with Gasteiger partial charge in [-0.1, -0.05) is 23.8 Å². The third-order valence-electron chi connectivity index (χ3n) is 6.21. The van der Waals surface area contributed by atoms with Gasteiger partial charge >= 0.3 is 5.97 Å². The summed E-state index contributed by atoms with van der Waals surface area (Å²) in [5.74, 6) is -0.742. The SMILES string of the molecule is CCOC(=O)c1nn(-c2cccc(C#N)c2)c2c1C1(CC1)CN(c1ccc(C)cc1)C2=O. The maximum absolute atomic E-state index is 13.8. The molecule has 32 heavy (non-hydrogen) atoms. The summed E-state index contributed by atoms with van der Waals surface area (Å²) in [4.78, 5) is 28.4. The van der Waals surface area contributed by atoms with E-state index in [1.165, 1.54) is 4.68 Å². The molecule has 7 nitrogen and oxygen atoms in total. The summed E-state index contributed by atoms with van der Waals surface area (Å²) in [6, 6.07) is 16.8. The molecule has 0 unspecified atom stereocenters. The number of anilines is 1. The van der Waals surface area contributed by atoms with Gasteiger partial charge in [-0.3, -0.25) is 4.79 Å². The van der Waals surface area contributed by atoms with Crippen molar-refractivity contribution in [2.75, 3.05) is 18.1 Å². The molecule has 0 atom stereocenters. The van der Waals surface area contributed by atoms with Crippen molar-refractivity contribution in [3.63, 3.8) is 0 Å². The van der Waals surface area contributed by atoms with Crippen LogP contribution < -0.4 is 4.90 Å². The molecule has 3 aromatic rings. The third-order valence-corrected chi connectivity index (χ3v) is 6.21. The Bertz CT molecular complexity index is 1280. The second-order valence-electron chi connectivity index (χ2n) is 8.37. The zero-order valence-electron chi connectivity index (χ0n) is 18.0. The van der Waals surface area contributed by atoms with Gasteiger partial charge in [-0.05, 0) is 57.0 Å². The van der Waals surface area contributed by atoms with Gasteiger partial charge in [-0.15, -0.1) is 0 Å². The van der Waals surface area contributed by atoms with Crippen molar-refractivity contribution >= 4 is 17.6 Å². The number of nitrogens with zero attached hydrogens (tertiary/aromatic N) is 4. The van der Waals surface area contributed by atoms with Crippen LogP contribution in [0.4, 0.5) is 5.69 Å². The molecule has 7 heteroatoms. The Morgan fingerprint density at radius 3 is 2.59 bits per heavy atom. The maximum atomic E-state index is 13.8. The van der Waals surface area contributed by atoms with Crippen molar-refractivity contribution in [2.24, 2.45) is 0 Å². The summed E-state index contributed by atoms with van der Waals surface area (Å²) in [5, 5.41) is 13.9. The molecule has 1 aliphatic carbocycles. The van der Waals surface area contributed by atoms with Gasteiger partial charge in [0.05, 0.1) is 23.9 Å². The number of ether oxygens (including phenoxy) is 1. The number of hydrogen-bond donors (Lipinski definition) is 0. The molecule has 1 amide bonds. The Morgan fingerprint density at radius 2 is 1.94 bits per heavy atom. The minimum atomic E-state index is -0.526. The van der Waals surface area contributed by atoms with Crippen LogP contribution in [0.2, 0.25) is 0 Å². The van der Waals surface area contributed by atoms with Gasteiger partial charge in [-0.25, -0.2) is 9.48 Å². The number of aryl methyl sites for hydroxylation is 1. The minimum absolute atomic E-state index is 0.193. The Hall–Kier alpha value is -3.92. The van der Waals surface area contributed by atoms with Crippen LogP contribution >= 0.6 is 0 Å². The van der Waals surface area contributed by atoms with Gasteiger partial charge in [0.1, 0.15) is 5.69 Å².